The molecule has 0 aromatic carbocycles. The van der Waals surface area contributed by atoms with Crippen LogP contribution in [0.2, 0.25) is 0 Å². The zero-order valence-corrected chi connectivity index (χ0v) is 16.1. The van der Waals surface area contributed by atoms with E-state index < -0.39 is 12.2 Å². The van der Waals surface area contributed by atoms with E-state index in [9.17, 15) is 13.2 Å². The van der Waals surface area contributed by atoms with Gasteiger partial charge < -0.3 is 17.2 Å². The van der Waals surface area contributed by atoms with Crippen LogP contribution < -0.4 is 17.2 Å². The number of hydrogen-bond acceptors (Lipinski definition) is 4. The van der Waals surface area contributed by atoms with Gasteiger partial charge in [0.15, 0.2) is 0 Å². The molecule has 0 radical (unpaired) electrons. The van der Waals surface area contributed by atoms with E-state index >= 15 is 0 Å². The summed E-state index contributed by atoms with van der Waals surface area (Å²) < 4.78 is 37.7. The Hall–Kier alpha value is -1.73. The molecule has 1 unspecified atom stereocenters. The summed E-state index contributed by atoms with van der Waals surface area (Å²) in [7, 11) is 0. The Morgan fingerprint density at radius 2 is 1.88 bits per heavy atom. The molecule has 1 aromatic heterocycles. The molecule has 1 heterocycles. The molecule has 0 bridgehead atoms. The van der Waals surface area contributed by atoms with Crippen LogP contribution in [0.5, 0.6) is 0 Å². The van der Waals surface area contributed by atoms with Crippen LogP contribution in [0.1, 0.15) is 50.0 Å². The minimum absolute atomic E-state index is 0.0723. The molecule has 3 nitrogen and oxygen atoms in total. The number of alkyl halides is 3. The van der Waals surface area contributed by atoms with E-state index in [-0.39, 0.29) is 11.4 Å². The van der Waals surface area contributed by atoms with Gasteiger partial charge in [-0.25, -0.2) is 0 Å². The average Bonchev–Trinajstić information content (AvgIpc) is 3.03. The second-order valence-electron chi connectivity index (χ2n) is 6.12. The highest BCUT2D eigenvalue weighted by molar-refractivity contribution is 7.11. The summed E-state index contributed by atoms with van der Waals surface area (Å²) in [6.07, 6.45) is 5.32. The van der Waals surface area contributed by atoms with Crippen LogP contribution in [-0.4, -0.2) is 12.2 Å². The molecule has 146 valence electrons. The first-order chi connectivity index (χ1) is 12.2. The summed E-state index contributed by atoms with van der Waals surface area (Å²) in [6.45, 7) is 4.03. The highest BCUT2D eigenvalue weighted by atomic mass is 32.1. The third kappa shape index (κ3) is 6.88. The van der Waals surface area contributed by atoms with Gasteiger partial charge in [0.2, 0.25) is 0 Å². The molecule has 0 aliphatic carbocycles. The minimum Gasteiger partial charge on any atom is -0.397 e. The van der Waals surface area contributed by atoms with Crippen molar-refractivity contribution in [3.05, 3.63) is 51.5 Å². The second kappa shape index (κ2) is 10.4. The molecular formula is C19H28F3N3S. The van der Waals surface area contributed by atoms with Crippen molar-refractivity contribution in [1.82, 2.24) is 0 Å². The van der Waals surface area contributed by atoms with Gasteiger partial charge in [0, 0.05) is 4.88 Å². The number of aryl methyl sites for hydroxylation is 1. The Kier molecular flexibility index (Phi) is 8.95. The molecule has 0 amide bonds. The van der Waals surface area contributed by atoms with E-state index in [1.807, 2.05) is 18.4 Å². The molecule has 0 saturated heterocycles. The summed E-state index contributed by atoms with van der Waals surface area (Å²) >= 11 is 1.58. The molecule has 1 atom stereocenters. The van der Waals surface area contributed by atoms with E-state index in [1.54, 1.807) is 17.4 Å². The van der Waals surface area contributed by atoms with Gasteiger partial charge in [-0.1, -0.05) is 32.3 Å². The van der Waals surface area contributed by atoms with Crippen molar-refractivity contribution in [2.75, 3.05) is 0 Å². The quantitative estimate of drug-likeness (QED) is 0.419. The normalized spacial score (nSPS) is 15.4. The summed E-state index contributed by atoms with van der Waals surface area (Å²) in [5.74, 6) is 0. The monoisotopic (exact) mass is 387 g/mol. The maximum atomic E-state index is 12.6. The molecule has 0 saturated carbocycles. The fourth-order valence-corrected chi connectivity index (χ4v) is 3.45. The van der Waals surface area contributed by atoms with Gasteiger partial charge in [-0.3, -0.25) is 0 Å². The minimum atomic E-state index is -4.55. The van der Waals surface area contributed by atoms with E-state index in [1.165, 1.54) is 24.8 Å². The Labute approximate surface area is 157 Å². The third-order valence-electron chi connectivity index (χ3n) is 4.00. The summed E-state index contributed by atoms with van der Waals surface area (Å²) in [5, 5.41) is 2.01. The number of unbranched alkanes of at least 4 members (excludes halogenated alkanes) is 3. The zero-order valence-electron chi connectivity index (χ0n) is 15.3. The molecule has 6 N–H and O–H groups in total. The van der Waals surface area contributed by atoms with Gasteiger partial charge in [-0.2, -0.15) is 13.2 Å². The van der Waals surface area contributed by atoms with Gasteiger partial charge >= 0.3 is 6.18 Å². The highest BCUT2D eigenvalue weighted by Gasteiger charge is 2.35. The van der Waals surface area contributed by atoms with Crippen LogP contribution in [0.4, 0.5) is 13.2 Å². The number of nitrogens with two attached hydrogens (primary N) is 3. The Morgan fingerprint density at radius 3 is 2.46 bits per heavy atom. The highest BCUT2D eigenvalue weighted by Crippen LogP contribution is 2.29. The lowest BCUT2D eigenvalue weighted by atomic mass is 10.0. The first kappa shape index (κ1) is 22.3. The van der Waals surface area contributed by atoms with Crippen molar-refractivity contribution >= 4 is 16.9 Å². The van der Waals surface area contributed by atoms with Crippen LogP contribution >= 0.6 is 11.3 Å². The molecular weight excluding hydrogens is 359 g/mol. The lowest BCUT2D eigenvalue weighted by Gasteiger charge is -2.13. The Bertz CT molecular complexity index is 657. The standard InChI is InChI=1S/C19H28F3N3S/c1-3-5-6-7-8-14-9-10-26-18(14)13(4-2)11-15(23)16(24)12-17(25)19(20,21)22/h4,9-12,17H,3,5-8,23-25H2,1-2H3/b13-4+,15-11-,16-12?. The third-order valence-corrected chi connectivity index (χ3v) is 5.01. The molecule has 0 aliphatic rings. The summed E-state index contributed by atoms with van der Waals surface area (Å²) in [4.78, 5) is 1.07. The van der Waals surface area contributed by atoms with Crippen LogP contribution in [0.25, 0.3) is 5.57 Å². The van der Waals surface area contributed by atoms with E-state index in [2.05, 4.69) is 13.0 Å². The largest absolute Gasteiger partial charge is 0.407 e. The van der Waals surface area contributed by atoms with Crippen molar-refractivity contribution in [3.8, 4) is 0 Å². The van der Waals surface area contributed by atoms with Gasteiger partial charge in [-0.15, -0.1) is 11.3 Å². The number of allylic oxidation sites excluding steroid dienone is 3. The molecule has 0 fully saturated rings. The Morgan fingerprint density at radius 1 is 1.19 bits per heavy atom. The first-order valence-corrected chi connectivity index (χ1v) is 9.58. The smallest absolute Gasteiger partial charge is 0.397 e. The fraction of sp³-hybridized carbons (Fsp3) is 0.474. The van der Waals surface area contributed by atoms with Crippen molar-refractivity contribution in [3.63, 3.8) is 0 Å². The summed E-state index contributed by atoms with van der Waals surface area (Å²) in [6, 6.07) is -0.0579. The van der Waals surface area contributed by atoms with E-state index in [0.29, 0.717) is 0 Å². The lowest BCUT2D eigenvalue weighted by molar-refractivity contribution is -0.137. The number of halogens is 3. The van der Waals surface area contributed by atoms with Gasteiger partial charge in [0.1, 0.15) is 6.04 Å². The maximum Gasteiger partial charge on any atom is 0.407 e. The molecule has 26 heavy (non-hydrogen) atoms. The first-order valence-electron chi connectivity index (χ1n) is 8.70. The van der Waals surface area contributed by atoms with Crippen molar-refractivity contribution in [1.29, 1.82) is 0 Å². The maximum absolute atomic E-state index is 12.6. The molecule has 0 spiro atoms. The van der Waals surface area contributed by atoms with Crippen molar-refractivity contribution in [2.45, 2.75) is 58.2 Å². The Balaban J connectivity index is 2.94. The van der Waals surface area contributed by atoms with Crippen LogP contribution in [-0.2, 0) is 6.42 Å². The fourth-order valence-electron chi connectivity index (χ4n) is 2.44. The lowest BCUT2D eigenvalue weighted by Crippen LogP contribution is -2.36. The number of rotatable bonds is 9. The zero-order chi connectivity index (χ0) is 19.7. The molecule has 0 aliphatic heterocycles. The van der Waals surface area contributed by atoms with Crippen molar-refractivity contribution in [2.24, 2.45) is 17.2 Å². The average molecular weight is 388 g/mol. The number of hydrogen-bond donors (Lipinski definition) is 3. The number of thiophene rings is 1. The van der Waals surface area contributed by atoms with Gasteiger partial charge in [0.05, 0.1) is 11.4 Å². The topological polar surface area (TPSA) is 78.1 Å². The van der Waals surface area contributed by atoms with Crippen LogP contribution in [0.15, 0.2) is 41.1 Å². The van der Waals surface area contributed by atoms with E-state index in [0.717, 1.165) is 29.4 Å². The van der Waals surface area contributed by atoms with Crippen LogP contribution in [0, 0.1) is 0 Å². The predicted octanol–water partition coefficient (Wildman–Crippen LogP) is 4.85. The predicted molar refractivity (Wildman–Crippen MR) is 104 cm³/mol. The molecule has 1 aromatic rings. The van der Waals surface area contributed by atoms with Gasteiger partial charge in [0.25, 0.3) is 0 Å². The van der Waals surface area contributed by atoms with Gasteiger partial charge in [-0.05, 0) is 54.5 Å². The second-order valence-corrected chi connectivity index (χ2v) is 7.03. The molecule has 7 heteroatoms. The van der Waals surface area contributed by atoms with Crippen LogP contribution in [0.3, 0.4) is 0 Å². The van der Waals surface area contributed by atoms with E-state index in [4.69, 9.17) is 17.2 Å². The molecule has 1 rings (SSSR count). The van der Waals surface area contributed by atoms with Crippen molar-refractivity contribution < 1.29 is 13.2 Å². The summed E-state index contributed by atoms with van der Waals surface area (Å²) in [5.41, 5.74) is 18.6. The SMILES string of the molecule is C/C=C(\C=C(/N)C(N)=CC(N)C(F)(F)F)c1sccc1CCCCCC.